The molecule has 114 valence electrons. The molecule has 2 aromatic rings. The van der Waals surface area contributed by atoms with Gasteiger partial charge in [-0.15, -0.1) is 0 Å². The van der Waals surface area contributed by atoms with E-state index in [0.717, 1.165) is 23.7 Å². The molecule has 0 radical (unpaired) electrons. The predicted molar refractivity (Wildman–Crippen MR) is 81.6 cm³/mol. The highest BCUT2D eigenvalue weighted by molar-refractivity contribution is 5.46. The van der Waals surface area contributed by atoms with Gasteiger partial charge in [0.25, 0.3) is 0 Å². The van der Waals surface area contributed by atoms with Gasteiger partial charge in [0.15, 0.2) is 5.76 Å². The van der Waals surface area contributed by atoms with Crippen molar-refractivity contribution < 1.29 is 8.91 Å². The van der Waals surface area contributed by atoms with Crippen LogP contribution in [0.15, 0.2) is 34.9 Å². The summed E-state index contributed by atoms with van der Waals surface area (Å²) in [6.45, 7) is 8.37. The number of anilines is 1. The van der Waals surface area contributed by atoms with E-state index in [9.17, 15) is 4.39 Å². The van der Waals surface area contributed by atoms with E-state index in [1.807, 2.05) is 6.07 Å². The summed E-state index contributed by atoms with van der Waals surface area (Å²) in [6.07, 6.45) is 0. The van der Waals surface area contributed by atoms with Crippen LogP contribution in [-0.2, 0) is 13.1 Å². The number of aromatic nitrogens is 1. The molecule has 1 N–H and O–H groups in total. The molecule has 1 heterocycles. The van der Waals surface area contributed by atoms with Gasteiger partial charge < -0.3 is 14.7 Å². The summed E-state index contributed by atoms with van der Waals surface area (Å²) in [4.78, 5) is 2.11. The number of nitrogens with zero attached hydrogens (tertiary/aromatic N) is 2. The molecule has 2 rings (SSSR count). The maximum Gasteiger partial charge on any atom is 0.156 e. The van der Waals surface area contributed by atoms with Crippen LogP contribution in [-0.4, -0.2) is 17.7 Å². The Kier molecular flexibility index (Phi) is 5.33. The number of benzene rings is 1. The molecule has 0 aliphatic carbocycles. The van der Waals surface area contributed by atoms with Crippen molar-refractivity contribution in [2.24, 2.45) is 0 Å². The summed E-state index contributed by atoms with van der Waals surface area (Å²) in [5.41, 5.74) is 1.87. The fraction of sp³-hybridized carbons (Fsp3) is 0.438. The maximum atomic E-state index is 13.0. The zero-order valence-electron chi connectivity index (χ0n) is 12.8. The molecule has 0 aliphatic heterocycles. The second kappa shape index (κ2) is 7.22. The minimum absolute atomic E-state index is 0.225. The molecular weight excluding hydrogens is 269 g/mol. The largest absolute Gasteiger partial charge is 0.364 e. The average molecular weight is 291 g/mol. The van der Waals surface area contributed by atoms with E-state index in [-0.39, 0.29) is 5.82 Å². The normalized spacial score (nSPS) is 11.1. The molecule has 0 fully saturated rings. The zero-order valence-corrected chi connectivity index (χ0v) is 12.8. The summed E-state index contributed by atoms with van der Waals surface area (Å²) in [6, 6.07) is 8.86. The second-order valence-electron chi connectivity index (χ2n) is 5.31. The standard InChI is InChI=1S/C16H22FN3O/c1-4-20(15-7-5-13(17)6-8-15)11-16-9-14(19-21-16)10-18-12(2)3/h5-9,12,18H,4,10-11H2,1-3H3. The smallest absolute Gasteiger partial charge is 0.156 e. The Balaban J connectivity index is 2.00. The summed E-state index contributed by atoms with van der Waals surface area (Å²) in [5.74, 6) is 0.582. The monoisotopic (exact) mass is 291 g/mol. The number of hydrogen-bond acceptors (Lipinski definition) is 4. The lowest BCUT2D eigenvalue weighted by molar-refractivity contribution is 0.372. The van der Waals surface area contributed by atoms with Crippen LogP contribution in [0, 0.1) is 5.82 Å². The summed E-state index contributed by atoms with van der Waals surface area (Å²) < 4.78 is 18.3. The molecule has 0 saturated carbocycles. The number of nitrogens with one attached hydrogen (secondary N) is 1. The SMILES string of the molecule is CCN(Cc1cc(CNC(C)C)no1)c1ccc(F)cc1. The van der Waals surface area contributed by atoms with Crippen molar-refractivity contribution in [1.29, 1.82) is 0 Å². The van der Waals surface area contributed by atoms with Crippen molar-refractivity contribution in [3.63, 3.8) is 0 Å². The van der Waals surface area contributed by atoms with Gasteiger partial charge in [0, 0.05) is 30.9 Å². The topological polar surface area (TPSA) is 41.3 Å². The fourth-order valence-electron chi connectivity index (χ4n) is 2.05. The number of hydrogen-bond donors (Lipinski definition) is 1. The zero-order chi connectivity index (χ0) is 15.2. The van der Waals surface area contributed by atoms with E-state index in [4.69, 9.17) is 4.52 Å². The molecule has 1 aromatic heterocycles. The van der Waals surface area contributed by atoms with Crippen molar-refractivity contribution in [3.05, 3.63) is 47.6 Å². The van der Waals surface area contributed by atoms with Crippen LogP contribution in [0.5, 0.6) is 0 Å². The van der Waals surface area contributed by atoms with Crippen molar-refractivity contribution in [2.45, 2.75) is 39.9 Å². The van der Waals surface area contributed by atoms with Gasteiger partial charge in [-0.3, -0.25) is 0 Å². The van der Waals surface area contributed by atoms with E-state index < -0.39 is 0 Å². The Morgan fingerprint density at radius 3 is 2.62 bits per heavy atom. The summed E-state index contributed by atoms with van der Waals surface area (Å²) in [5, 5.41) is 7.36. The van der Waals surface area contributed by atoms with Crippen LogP contribution in [0.3, 0.4) is 0 Å². The third kappa shape index (κ3) is 4.56. The van der Waals surface area contributed by atoms with Crippen LogP contribution >= 0.6 is 0 Å². The number of halogens is 1. The lowest BCUT2D eigenvalue weighted by Gasteiger charge is -2.21. The van der Waals surface area contributed by atoms with Crippen LogP contribution in [0.1, 0.15) is 32.2 Å². The summed E-state index contributed by atoms with van der Waals surface area (Å²) >= 11 is 0. The van der Waals surface area contributed by atoms with Crippen LogP contribution in [0.25, 0.3) is 0 Å². The van der Waals surface area contributed by atoms with E-state index in [0.29, 0.717) is 19.1 Å². The van der Waals surface area contributed by atoms with Gasteiger partial charge in [0.1, 0.15) is 5.82 Å². The molecular formula is C16H22FN3O. The predicted octanol–water partition coefficient (Wildman–Crippen LogP) is 3.34. The lowest BCUT2D eigenvalue weighted by atomic mass is 10.2. The third-order valence-corrected chi connectivity index (χ3v) is 3.22. The van der Waals surface area contributed by atoms with Crippen LogP contribution in [0.2, 0.25) is 0 Å². The average Bonchev–Trinajstić information content (AvgIpc) is 2.91. The highest BCUT2D eigenvalue weighted by Gasteiger charge is 2.10. The Labute approximate surface area is 124 Å². The van der Waals surface area contributed by atoms with Crippen LogP contribution in [0.4, 0.5) is 10.1 Å². The highest BCUT2D eigenvalue weighted by atomic mass is 19.1. The van der Waals surface area contributed by atoms with Crippen molar-refractivity contribution in [3.8, 4) is 0 Å². The fourth-order valence-corrected chi connectivity index (χ4v) is 2.05. The van der Waals surface area contributed by atoms with Gasteiger partial charge in [0.2, 0.25) is 0 Å². The molecule has 0 amide bonds. The third-order valence-electron chi connectivity index (χ3n) is 3.22. The minimum Gasteiger partial charge on any atom is -0.364 e. The van der Waals surface area contributed by atoms with Gasteiger partial charge in [-0.05, 0) is 31.2 Å². The first-order chi connectivity index (χ1) is 10.1. The second-order valence-corrected chi connectivity index (χ2v) is 5.31. The van der Waals surface area contributed by atoms with E-state index >= 15 is 0 Å². The van der Waals surface area contributed by atoms with Gasteiger partial charge in [-0.25, -0.2) is 4.39 Å². The number of rotatable bonds is 7. The Hall–Kier alpha value is -1.88. The molecule has 0 unspecified atom stereocenters. The maximum absolute atomic E-state index is 13.0. The van der Waals surface area contributed by atoms with E-state index in [2.05, 4.69) is 36.1 Å². The first-order valence-electron chi connectivity index (χ1n) is 7.27. The summed E-state index contributed by atoms with van der Waals surface area (Å²) in [7, 11) is 0. The van der Waals surface area contributed by atoms with Crippen LogP contribution < -0.4 is 10.2 Å². The Bertz CT molecular complexity index is 551. The minimum atomic E-state index is -0.225. The molecule has 4 nitrogen and oxygen atoms in total. The van der Waals surface area contributed by atoms with Crippen molar-refractivity contribution in [2.75, 3.05) is 11.4 Å². The molecule has 0 spiro atoms. The molecule has 1 aromatic carbocycles. The van der Waals surface area contributed by atoms with Crippen molar-refractivity contribution in [1.82, 2.24) is 10.5 Å². The molecule has 21 heavy (non-hydrogen) atoms. The van der Waals surface area contributed by atoms with E-state index in [1.54, 1.807) is 12.1 Å². The van der Waals surface area contributed by atoms with Gasteiger partial charge >= 0.3 is 0 Å². The molecule has 0 atom stereocenters. The van der Waals surface area contributed by atoms with Crippen molar-refractivity contribution >= 4 is 5.69 Å². The van der Waals surface area contributed by atoms with Gasteiger partial charge in [-0.2, -0.15) is 0 Å². The first kappa shape index (κ1) is 15.5. The molecule has 0 saturated heterocycles. The lowest BCUT2D eigenvalue weighted by Crippen LogP contribution is -2.22. The van der Waals surface area contributed by atoms with Gasteiger partial charge in [0.05, 0.1) is 12.2 Å². The van der Waals surface area contributed by atoms with E-state index in [1.165, 1.54) is 12.1 Å². The first-order valence-corrected chi connectivity index (χ1v) is 7.27. The van der Waals surface area contributed by atoms with Gasteiger partial charge in [-0.1, -0.05) is 19.0 Å². The molecule has 0 aliphatic rings. The Morgan fingerprint density at radius 1 is 1.29 bits per heavy atom. The quantitative estimate of drug-likeness (QED) is 0.849. The Morgan fingerprint density at radius 2 is 2.00 bits per heavy atom. The highest BCUT2D eigenvalue weighted by Crippen LogP contribution is 2.18. The molecule has 5 heteroatoms. The molecule has 0 bridgehead atoms.